The second-order valence-corrected chi connectivity index (χ2v) is 6.83. The molecule has 3 aromatic rings. The van der Waals surface area contributed by atoms with E-state index in [1.807, 2.05) is 62.5 Å². The maximum absolute atomic E-state index is 12.9. The van der Waals surface area contributed by atoms with Gasteiger partial charge < -0.3 is 20.1 Å². The summed E-state index contributed by atoms with van der Waals surface area (Å²) in [5.74, 6) is 1.32. The first-order valence-electron chi connectivity index (χ1n) is 9.41. The molecule has 2 aromatic carbocycles. The second kappa shape index (κ2) is 10.5. The average molecular weight is 450 g/mol. The lowest BCUT2D eigenvalue weighted by molar-refractivity contribution is 0.0952. The summed E-state index contributed by atoms with van der Waals surface area (Å²) in [5.41, 5.74) is 3.00. The standard InChI is InChI=1S/C22H23N3O3.2ClH/c1-14(23-2)13-24-22(26)17-12-19(25-18-6-4-3-5-16(17)18)15-7-8-20-21(11-15)28-10-9-27-20;;/h3-8,11-12,14,23H,9-10,13H2,1-2H3,(H,24,26);2*1H. The van der Waals surface area contributed by atoms with E-state index in [2.05, 4.69) is 10.6 Å². The molecule has 6 nitrogen and oxygen atoms in total. The van der Waals surface area contributed by atoms with E-state index in [-0.39, 0.29) is 36.8 Å². The molecule has 1 unspecified atom stereocenters. The molecule has 1 aromatic heterocycles. The number of hydrogen-bond acceptors (Lipinski definition) is 5. The molecule has 2 N–H and O–H groups in total. The first-order valence-corrected chi connectivity index (χ1v) is 9.41. The van der Waals surface area contributed by atoms with E-state index in [1.165, 1.54) is 0 Å². The molecule has 1 aliphatic rings. The van der Waals surface area contributed by atoms with Crippen LogP contribution in [-0.4, -0.2) is 43.7 Å². The largest absolute Gasteiger partial charge is 0.486 e. The van der Waals surface area contributed by atoms with Gasteiger partial charge in [0.15, 0.2) is 11.5 Å². The number of pyridine rings is 1. The maximum Gasteiger partial charge on any atom is 0.252 e. The van der Waals surface area contributed by atoms with Crippen molar-refractivity contribution in [1.82, 2.24) is 15.6 Å². The Bertz CT molecular complexity index is 1030. The van der Waals surface area contributed by atoms with Crippen molar-refractivity contribution in [3.63, 3.8) is 0 Å². The minimum Gasteiger partial charge on any atom is -0.486 e. The third kappa shape index (κ3) is 4.95. The lowest BCUT2D eigenvalue weighted by Crippen LogP contribution is -2.37. The third-order valence-corrected chi connectivity index (χ3v) is 4.86. The number of carbonyl (C=O) groups is 1. The molecule has 0 radical (unpaired) electrons. The van der Waals surface area contributed by atoms with Gasteiger partial charge in [-0.2, -0.15) is 0 Å². The summed E-state index contributed by atoms with van der Waals surface area (Å²) < 4.78 is 11.3. The van der Waals surface area contributed by atoms with Crippen LogP contribution in [0.3, 0.4) is 0 Å². The van der Waals surface area contributed by atoms with Crippen LogP contribution < -0.4 is 20.1 Å². The van der Waals surface area contributed by atoms with E-state index in [1.54, 1.807) is 0 Å². The van der Waals surface area contributed by atoms with Crippen molar-refractivity contribution in [2.45, 2.75) is 13.0 Å². The SMILES string of the molecule is CNC(C)CNC(=O)c1cc(-c2ccc3c(c2)OCCO3)nc2ccccc12.Cl.Cl. The Hall–Kier alpha value is -2.54. The van der Waals surface area contributed by atoms with Crippen molar-refractivity contribution < 1.29 is 14.3 Å². The molecule has 2 heterocycles. The number of rotatable bonds is 5. The lowest BCUT2D eigenvalue weighted by atomic mass is 10.0. The van der Waals surface area contributed by atoms with Crippen LogP contribution in [0.25, 0.3) is 22.2 Å². The number of nitrogens with zero attached hydrogens (tertiary/aromatic N) is 1. The summed E-state index contributed by atoms with van der Waals surface area (Å²) in [7, 11) is 1.87. The molecule has 160 valence electrons. The van der Waals surface area contributed by atoms with Crippen molar-refractivity contribution in [3.05, 3.63) is 54.1 Å². The van der Waals surface area contributed by atoms with Crippen LogP contribution in [0, 0.1) is 0 Å². The third-order valence-electron chi connectivity index (χ3n) is 4.86. The molecule has 1 aliphatic heterocycles. The molecule has 0 spiro atoms. The van der Waals surface area contributed by atoms with Crippen molar-refractivity contribution >= 4 is 41.6 Å². The lowest BCUT2D eigenvalue weighted by Gasteiger charge is -2.19. The van der Waals surface area contributed by atoms with E-state index in [0.29, 0.717) is 31.1 Å². The summed E-state index contributed by atoms with van der Waals surface area (Å²) >= 11 is 0. The summed E-state index contributed by atoms with van der Waals surface area (Å²) in [6.45, 7) is 3.64. The Labute approximate surface area is 188 Å². The van der Waals surface area contributed by atoms with Crippen LogP contribution in [0.5, 0.6) is 11.5 Å². The fraction of sp³-hybridized carbons (Fsp3) is 0.273. The van der Waals surface area contributed by atoms with Gasteiger partial charge in [-0.3, -0.25) is 4.79 Å². The molecular weight excluding hydrogens is 425 g/mol. The highest BCUT2D eigenvalue weighted by molar-refractivity contribution is 6.07. The molecule has 4 rings (SSSR count). The van der Waals surface area contributed by atoms with Gasteiger partial charge in [0.1, 0.15) is 13.2 Å². The van der Waals surface area contributed by atoms with Gasteiger partial charge in [-0.15, -0.1) is 24.8 Å². The molecule has 1 amide bonds. The van der Waals surface area contributed by atoms with E-state index in [4.69, 9.17) is 14.5 Å². The number of hydrogen-bond donors (Lipinski definition) is 2. The Morgan fingerprint density at radius 3 is 2.57 bits per heavy atom. The predicted octanol–water partition coefficient (Wildman–Crippen LogP) is 3.85. The second-order valence-electron chi connectivity index (χ2n) is 6.83. The van der Waals surface area contributed by atoms with Crippen molar-refractivity contribution in [1.29, 1.82) is 0 Å². The fourth-order valence-electron chi connectivity index (χ4n) is 3.16. The molecular formula is C22H25Cl2N3O3. The molecule has 0 aliphatic carbocycles. The highest BCUT2D eigenvalue weighted by atomic mass is 35.5. The van der Waals surface area contributed by atoms with Gasteiger partial charge >= 0.3 is 0 Å². The summed E-state index contributed by atoms with van der Waals surface area (Å²) in [6, 6.07) is 15.5. The van der Waals surface area contributed by atoms with Gasteiger partial charge in [-0.1, -0.05) is 18.2 Å². The number of ether oxygens (including phenoxy) is 2. The summed E-state index contributed by atoms with van der Waals surface area (Å²) in [5, 5.41) is 6.95. The van der Waals surface area contributed by atoms with Gasteiger partial charge in [0.2, 0.25) is 0 Å². The number of fused-ring (bicyclic) bond motifs is 2. The fourth-order valence-corrected chi connectivity index (χ4v) is 3.16. The van der Waals surface area contributed by atoms with Gasteiger partial charge in [-0.25, -0.2) is 4.98 Å². The number of carbonyl (C=O) groups excluding carboxylic acids is 1. The van der Waals surface area contributed by atoms with Gasteiger partial charge in [-0.05, 0) is 44.3 Å². The van der Waals surface area contributed by atoms with Crippen LogP contribution in [0.2, 0.25) is 0 Å². The molecule has 0 saturated carbocycles. The Morgan fingerprint density at radius 1 is 1.07 bits per heavy atom. The van der Waals surface area contributed by atoms with Gasteiger partial charge in [0, 0.05) is 23.5 Å². The smallest absolute Gasteiger partial charge is 0.252 e. The average Bonchev–Trinajstić information content (AvgIpc) is 2.76. The Morgan fingerprint density at radius 2 is 1.80 bits per heavy atom. The first-order chi connectivity index (χ1) is 13.7. The number of benzene rings is 2. The number of nitrogens with one attached hydrogen (secondary N) is 2. The van der Waals surface area contributed by atoms with Crippen molar-refractivity contribution in [2.24, 2.45) is 0 Å². The van der Waals surface area contributed by atoms with Crippen molar-refractivity contribution in [3.8, 4) is 22.8 Å². The van der Waals surface area contributed by atoms with E-state index in [0.717, 1.165) is 27.9 Å². The molecule has 0 saturated heterocycles. The highest BCUT2D eigenvalue weighted by Gasteiger charge is 2.17. The van der Waals surface area contributed by atoms with E-state index < -0.39 is 0 Å². The van der Waals surface area contributed by atoms with E-state index >= 15 is 0 Å². The normalized spacial score (nSPS) is 13.0. The number of aromatic nitrogens is 1. The van der Waals surface area contributed by atoms with Crippen LogP contribution in [-0.2, 0) is 0 Å². The zero-order valence-corrected chi connectivity index (χ0v) is 18.4. The molecule has 30 heavy (non-hydrogen) atoms. The monoisotopic (exact) mass is 449 g/mol. The molecule has 8 heteroatoms. The Kier molecular flexibility index (Phi) is 8.29. The minimum atomic E-state index is -0.112. The molecule has 0 fully saturated rings. The van der Waals surface area contributed by atoms with Crippen LogP contribution in [0.1, 0.15) is 17.3 Å². The zero-order valence-electron chi connectivity index (χ0n) is 16.8. The van der Waals surface area contributed by atoms with Crippen molar-refractivity contribution in [2.75, 3.05) is 26.8 Å². The zero-order chi connectivity index (χ0) is 19.5. The minimum absolute atomic E-state index is 0. The number of likely N-dealkylation sites (N-methyl/N-ethyl adjacent to an activating group) is 1. The Balaban J connectivity index is 0.00000160. The molecule has 0 bridgehead atoms. The van der Waals surface area contributed by atoms with Crippen LogP contribution in [0.4, 0.5) is 0 Å². The summed E-state index contributed by atoms with van der Waals surface area (Å²) in [4.78, 5) is 17.6. The number of para-hydroxylation sites is 1. The van der Waals surface area contributed by atoms with E-state index in [9.17, 15) is 4.79 Å². The molecule has 1 atom stereocenters. The van der Waals surface area contributed by atoms with Gasteiger partial charge in [0.25, 0.3) is 5.91 Å². The van der Waals surface area contributed by atoms with Gasteiger partial charge in [0.05, 0.1) is 16.8 Å². The predicted molar refractivity (Wildman–Crippen MR) is 124 cm³/mol. The summed E-state index contributed by atoms with van der Waals surface area (Å²) in [6.07, 6.45) is 0. The number of halogens is 2. The van der Waals surface area contributed by atoms with Crippen LogP contribution in [0.15, 0.2) is 48.5 Å². The number of amides is 1. The topological polar surface area (TPSA) is 72.5 Å². The first kappa shape index (κ1) is 23.7. The maximum atomic E-state index is 12.9. The quantitative estimate of drug-likeness (QED) is 0.618. The van der Waals surface area contributed by atoms with Crippen LogP contribution >= 0.6 is 24.8 Å². The highest BCUT2D eigenvalue weighted by Crippen LogP contribution is 2.35.